The van der Waals surface area contributed by atoms with Gasteiger partial charge in [0.2, 0.25) is 0 Å². The molecule has 0 spiro atoms. The molecule has 0 saturated heterocycles. The number of allylic oxidation sites excluding steroid dienone is 1. The van der Waals surface area contributed by atoms with Gasteiger partial charge < -0.3 is 14.9 Å². The van der Waals surface area contributed by atoms with Gasteiger partial charge in [-0.1, -0.05) is 70.6 Å². The maximum Gasteiger partial charge on any atom is 0.333 e. The lowest BCUT2D eigenvalue weighted by molar-refractivity contribution is -0.166. The molecule has 0 aromatic rings. The van der Waals surface area contributed by atoms with Gasteiger partial charge in [-0.25, -0.2) is 4.79 Å². The Balaban J connectivity index is 4.82. The smallest absolute Gasteiger partial charge is 0.333 e. The normalized spacial score (nSPS) is 14.4. The highest BCUT2D eigenvalue weighted by Crippen LogP contribution is 2.32. The van der Waals surface area contributed by atoms with Crippen LogP contribution < -0.4 is 0 Å². The van der Waals surface area contributed by atoms with Crippen molar-refractivity contribution in [3.63, 3.8) is 0 Å². The molecule has 0 aromatic heterocycles. The maximum atomic E-state index is 11.9. The predicted octanol–water partition coefficient (Wildman–Crippen LogP) is 5.13. The van der Waals surface area contributed by atoms with Crippen molar-refractivity contribution in [3.8, 4) is 0 Å². The van der Waals surface area contributed by atoms with E-state index in [0.29, 0.717) is 6.42 Å². The summed E-state index contributed by atoms with van der Waals surface area (Å²) in [6.07, 6.45) is 11.3. The number of carboxylic acids is 2. The van der Waals surface area contributed by atoms with Gasteiger partial charge in [-0.2, -0.15) is 0 Å². The van der Waals surface area contributed by atoms with Crippen molar-refractivity contribution < 1.29 is 29.3 Å². The third kappa shape index (κ3) is 9.72. The molecule has 0 aromatic carbocycles. The Hall–Kier alpha value is -2.11. The van der Waals surface area contributed by atoms with Crippen LogP contribution in [0.3, 0.4) is 0 Å². The summed E-state index contributed by atoms with van der Waals surface area (Å²) in [6.45, 7) is 8.51. The number of ether oxygens (including phenoxy) is 1. The number of esters is 1. The molecule has 28 heavy (non-hydrogen) atoms. The number of hydrogen-bond acceptors (Lipinski definition) is 4. The van der Waals surface area contributed by atoms with Crippen molar-refractivity contribution in [2.45, 2.75) is 91.1 Å². The van der Waals surface area contributed by atoms with Gasteiger partial charge in [0.05, 0.1) is 6.42 Å². The van der Waals surface area contributed by atoms with Crippen molar-refractivity contribution in [1.29, 1.82) is 0 Å². The summed E-state index contributed by atoms with van der Waals surface area (Å²) in [5.41, 5.74) is -1.68. The van der Waals surface area contributed by atoms with Crippen LogP contribution in [0.5, 0.6) is 0 Å². The number of unbranched alkanes of at least 4 members (excludes halogenated alkanes) is 8. The molecule has 0 heterocycles. The van der Waals surface area contributed by atoms with Crippen LogP contribution in [0.1, 0.15) is 85.0 Å². The molecule has 0 saturated carbocycles. The zero-order chi connectivity index (χ0) is 21.6. The van der Waals surface area contributed by atoms with Crippen LogP contribution in [-0.4, -0.2) is 34.2 Å². The highest BCUT2D eigenvalue weighted by atomic mass is 16.5. The minimum Gasteiger partial charge on any atom is -0.481 e. The molecule has 0 aliphatic rings. The zero-order valence-electron chi connectivity index (χ0n) is 17.5. The molecule has 0 radical (unpaired) electrons. The Morgan fingerprint density at radius 1 is 1.04 bits per heavy atom. The number of aliphatic carboxylic acids is 2. The molecular formula is C22H36O6. The van der Waals surface area contributed by atoms with Crippen molar-refractivity contribution >= 4 is 17.9 Å². The fourth-order valence-electron chi connectivity index (χ4n) is 2.97. The van der Waals surface area contributed by atoms with Crippen LogP contribution in [-0.2, 0) is 19.1 Å². The van der Waals surface area contributed by atoms with E-state index < -0.39 is 35.8 Å². The molecule has 6 nitrogen and oxygen atoms in total. The van der Waals surface area contributed by atoms with E-state index in [-0.39, 0.29) is 5.57 Å². The van der Waals surface area contributed by atoms with Crippen molar-refractivity contribution in [3.05, 3.63) is 24.3 Å². The Bertz CT molecular complexity index is 551. The number of rotatable bonds is 16. The molecule has 160 valence electrons. The molecule has 0 fully saturated rings. The minimum absolute atomic E-state index is 0.129. The second kappa shape index (κ2) is 14.0. The molecule has 2 N–H and O–H groups in total. The number of hydrogen-bond donors (Lipinski definition) is 2. The first-order valence-corrected chi connectivity index (χ1v) is 10.2. The fourth-order valence-corrected chi connectivity index (χ4v) is 2.97. The number of carbonyl (C=O) groups excluding carboxylic acids is 1. The average molecular weight is 397 g/mol. The summed E-state index contributed by atoms with van der Waals surface area (Å²) in [5, 5.41) is 18.9. The van der Waals surface area contributed by atoms with Crippen molar-refractivity contribution in [1.82, 2.24) is 0 Å². The molecule has 0 aliphatic carbocycles. The molecule has 0 rings (SSSR count). The topological polar surface area (TPSA) is 101 Å². The van der Waals surface area contributed by atoms with Crippen LogP contribution in [0.2, 0.25) is 0 Å². The average Bonchev–Trinajstić information content (AvgIpc) is 2.61. The van der Waals surface area contributed by atoms with Gasteiger partial charge in [-0.15, -0.1) is 0 Å². The van der Waals surface area contributed by atoms with Crippen molar-refractivity contribution in [2.24, 2.45) is 5.41 Å². The van der Waals surface area contributed by atoms with Gasteiger partial charge in [-0.05, 0) is 26.7 Å². The standard InChI is InChI=1S/C22H36O6/c1-5-6-7-8-9-10-11-12-13-14-15-22(21(26)27,16-19(23)24)18(4)28-20(25)17(2)3/h14-15,18H,2,5-13,16H2,1,3-4H3,(H,23,24)(H,26,27). The Morgan fingerprint density at radius 2 is 1.57 bits per heavy atom. The fraction of sp³-hybridized carbons (Fsp3) is 0.682. The van der Waals surface area contributed by atoms with Crippen molar-refractivity contribution in [2.75, 3.05) is 0 Å². The lowest BCUT2D eigenvalue weighted by Gasteiger charge is -2.30. The quantitative estimate of drug-likeness (QED) is 0.162. The first-order chi connectivity index (χ1) is 13.2. The van der Waals surface area contributed by atoms with E-state index in [1.807, 2.05) is 0 Å². The monoisotopic (exact) mass is 396 g/mol. The first-order valence-electron chi connectivity index (χ1n) is 10.2. The van der Waals surface area contributed by atoms with Crippen LogP contribution in [0.4, 0.5) is 0 Å². The van der Waals surface area contributed by atoms with Gasteiger partial charge >= 0.3 is 17.9 Å². The lowest BCUT2D eigenvalue weighted by atomic mass is 9.78. The Morgan fingerprint density at radius 3 is 2.04 bits per heavy atom. The van der Waals surface area contributed by atoms with E-state index in [1.165, 1.54) is 52.0 Å². The zero-order valence-corrected chi connectivity index (χ0v) is 17.5. The number of carboxylic acid groups (broad SMARTS) is 2. The highest BCUT2D eigenvalue weighted by molar-refractivity contribution is 5.88. The van der Waals surface area contributed by atoms with Gasteiger partial charge in [0, 0.05) is 5.57 Å². The summed E-state index contributed by atoms with van der Waals surface area (Å²) in [4.78, 5) is 34.9. The van der Waals surface area contributed by atoms with E-state index in [9.17, 15) is 24.6 Å². The van der Waals surface area contributed by atoms with Gasteiger partial charge in [-0.3, -0.25) is 9.59 Å². The molecule has 2 atom stereocenters. The van der Waals surface area contributed by atoms with Gasteiger partial charge in [0.1, 0.15) is 11.5 Å². The third-order valence-corrected chi connectivity index (χ3v) is 4.84. The van der Waals surface area contributed by atoms with Gasteiger partial charge in [0.15, 0.2) is 0 Å². The third-order valence-electron chi connectivity index (χ3n) is 4.84. The van der Waals surface area contributed by atoms with Crippen LogP contribution in [0, 0.1) is 5.41 Å². The number of carbonyl (C=O) groups is 3. The predicted molar refractivity (Wildman–Crippen MR) is 109 cm³/mol. The van der Waals surface area contributed by atoms with E-state index in [0.717, 1.165) is 19.3 Å². The molecular weight excluding hydrogens is 360 g/mol. The molecule has 6 heteroatoms. The molecule has 0 bridgehead atoms. The Labute approximate surface area is 168 Å². The first kappa shape index (κ1) is 25.9. The maximum absolute atomic E-state index is 11.9. The summed E-state index contributed by atoms with van der Waals surface area (Å²) in [6, 6.07) is 0. The summed E-state index contributed by atoms with van der Waals surface area (Å²) in [5.74, 6) is -3.33. The minimum atomic E-state index is -1.81. The second-order valence-corrected chi connectivity index (χ2v) is 7.41. The van der Waals surface area contributed by atoms with E-state index in [1.54, 1.807) is 6.08 Å². The van der Waals surface area contributed by atoms with E-state index in [2.05, 4.69) is 13.5 Å². The van der Waals surface area contributed by atoms with Crippen LogP contribution in [0.15, 0.2) is 24.3 Å². The lowest BCUT2D eigenvalue weighted by Crippen LogP contribution is -2.43. The second-order valence-electron chi connectivity index (χ2n) is 7.41. The summed E-state index contributed by atoms with van der Waals surface area (Å²) in [7, 11) is 0. The molecule has 0 aliphatic heterocycles. The van der Waals surface area contributed by atoms with E-state index >= 15 is 0 Å². The van der Waals surface area contributed by atoms with Crippen LogP contribution in [0.25, 0.3) is 0 Å². The van der Waals surface area contributed by atoms with Gasteiger partial charge in [0.25, 0.3) is 0 Å². The largest absolute Gasteiger partial charge is 0.481 e. The highest BCUT2D eigenvalue weighted by Gasteiger charge is 2.46. The molecule has 0 amide bonds. The van der Waals surface area contributed by atoms with Crippen LogP contribution >= 0.6 is 0 Å². The SMILES string of the molecule is C=C(C)C(=O)OC(C)C(C=CCCCCCCCCCC)(CC(=O)O)C(=O)O. The summed E-state index contributed by atoms with van der Waals surface area (Å²) >= 11 is 0. The Kier molecular flexibility index (Phi) is 12.9. The summed E-state index contributed by atoms with van der Waals surface area (Å²) < 4.78 is 5.15. The molecule has 2 unspecified atom stereocenters. The van der Waals surface area contributed by atoms with E-state index in [4.69, 9.17) is 4.74 Å².